The number of nitrogens with one attached hydrogen (secondary N) is 2. The topological polar surface area (TPSA) is 133 Å². The van der Waals surface area contributed by atoms with Crippen LogP contribution in [0.5, 0.6) is 11.5 Å². The van der Waals surface area contributed by atoms with Gasteiger partial charge in [0.25, 0.3) is 5.91 Å². The highest BCUT2D eigenvalue weighted by molar-refractivity contribution is 6.06. The maximum Gasteiger partial charge on any atom is 0.280 e. The summed E-state index contributed by atoms with van der Waals surface area (Å²) in [7, 11) is 2.95. The zero-order valence-electron chi connectivity index (χ0n) is 17.1. The van der Waals surface area contributed by atoms with Crippen molar-refractivity contribution in [2.24, 2.45) is 0 Å². The third-order valence-electron chi connectivity index (χ3n) is 4.39. The Kier molecular flexibility index (Phi) is 6.34. The molecule has 10 nitrogen and oxygen atoms in total. The van der Waals surface area contributed by atoms with Gasteiger partial charge in [-0.3, -0.25) is 9.59 Å². The Labute approximate surface area is 177 Å². The Morgan fingerprint density at radius 2 is 1.90 bits per heavy atom. The van der Waals surface area contributed by atoms with Gasteiger partial charge in [0, 0.05) is 11.8 Å². The van der Waals surface area contributed by atoms with Crippen molar-refractivity contribution in [3.05, 3.63) is 53.5 Å². The quantitative estimate of drug-likeness (QED) is 0.525. The number of carbonyl (C=O) groups is 2. The number of nitrogens with two attached hydrogens (primary N) is 1. The average molecular weight is 428 g/mol. The summed E-state index contributed by atoms with van der Waals surface area (Å²) in [6.07, 6.45) is 0. The molecule has 1 heterocycles. The molecule has 0 saturated carbocycles. The minimum absolute atomic E-state index is 0.107. The lowest BCUT2D eigenvalue weighted by Gasteiger charge is -2.11. The summed E-state index contributed by atoms with van der Waals surface area (Å²) in [4.78, 5) is 24.9. The number of methoxy groups -OCH3 is 2. The molecule has 0 aliphatic rings. The number of hydrogen-bond donors (Lipinski definition) is 3. The molecule has 31 heavy (non-hydrogen) atoms. The summed E-state index contributed by atoms with van der Waals surface area (Å²) in [6, 6.07) is 9.21. The Morgan fingerprint density at radius 3 is 2.58 bits per heavy atom. The maximum absolute atomic E-state index is 13.6. The lowest BCUT2D eigenvalue weighted by Crippen LogP contribution is -2.21. The van der Waals surface area contributed by atoms with Gasteiger partial charge in [-0.1, -0.05) is 11.3 Å². The van der Waals surface area contributed by atoms with E-state index < -0.39 is 17.6 Å². The van der Waals surface area contributed by atoms with Gasteiger partial charge in [-0.15, -0.1) is 5.10 Å². The van der Waals surface area contributed by atoms with Crippen molar-refractivity contribution in [3.63, 3.8) is 0 Å². The first kappa shape index (κ1) is 21.6. The molecule has 0 fully saturated rings. The Morgan fingerprint density at radius 1 is 1.13 bits per heavy atom. The molecule has 3 aromatic rings. The lowest BCUT2D eigenvalue weighted by molar-refractivity contribution is -0.116. The molecule has 0 unspecified atom stereocenters. The van der Waals surface area contributed by atoms with E-state index in [1.165, 1.54) is 20.3 Å². The molecule has 2 aromatic carbocycles. The van der Waals surface area contributed by atoms with Crippen molar-refractivity contribution in [1.82, 2.24) is 15.0 Å². The molecule has 0 spiro atoms. The van der Waals surface area contributed by atoms with Gasteiger partial charge in [-0.05, 0) is 36.8 Å². The third-order valence-corrected chi connectivity index (χ3v) is 4.39. The zero-order chi connectivity index (χ0) is 22.5. The SMILES string of the molecule is COc1ccc(OC)c(NC(=O)c2nnn(CC(=O)Nc3ccc(C)c(F)c3)c2N)c1. The lowest BCUT2D eigenvalue weighted by atomic mass is 10.2. The molecule has 1 aromatic heterocycles. The summed E-state index contributed by atoms with van der Waals surface area (Å²) in [6.45, 7) is 1.30. The molecule has 0 saturated heterocycles. The second-order valence-electron chi connectivity index (χ2n) is 6.51. The summed E-state index contributed by atoms with van der Waals surface area (Å²) in [5, 5.41) is 12.7. The molecule has 3 rings (SSSR count). The minimum Gasteiger partial charge on any atom is -0.497 e. The highest BCUT2D eigenvalue weighted by atomic mass is 19.1. The van der Waals surface area contributed by atoms with E-state index in [0.717, 1.165) is 4.68 Å². The van der Waals surface area contributed by atoms with Crippen molar-refractivity contribution in [2.75, 3.05) is 30.6 Å². The smallest absolute Gasteiger partial charge is 0.280 e. The van der Waals surface area contributed by atoms with Gasteiger partial charge in [0.2, 0.25) is 5.91 Å². The number of nitrogens with zero attached hydrogens (tertiary/aromatic N) is 3. The van der Waals surface area contributed by atoms with Crippen LogP contribution >= 0.6 is 0 Å². The first-order valence-electron chi connectivity index (χ1n) is 9.10. The number of rotatable bonds is 7. The number of aryl methyl sites for hydroxylation is 1. The van der Waals surface area contributed by atoms with Gasteiger partial charge in [-0.25, -0.2) is 9.07 Å². The molecule has 0 aliphatic heterocycles. The van der Waals surface area contributed by atoms with Gasteiger partial charge in [-0.2, -0.15) is 0 Å². The van der Waals surface area contributed by atoms with Gasteiger partial charge in [0.05, 0.1) is 19.9 Å². The fourth-order valence-corrected chi connectivity index (χ4v) is 2.70. The van der Waals surface area contributed by atoms with Crippen molar-refractivity contribution < 1.29 is 23.5 Å². The molecule has 162 valence electrons. The van der Waals surface area contributed by atoms with Gasteiger partial charge in [0.15, 0.2) is 11.5 Å². The summed E-state index contributed by atoms with van der Waals surface area (Å²) in [5.41, 5.74) is 6.88. The van der Waals surface area contributed by atoms with Crippen LogP contribution in [0.3, 0.4) is 0 Å². The van der Waals surface area contributed by atoms with Crippen LogP contribution in [0.15, 0.2) is 36.4 Å². The van der Waals surface area contributed by atoms with Crippen molar-refractivity contribution in [1.29, 1.82) is 0 Å². The van der Waals surface area contributed by atoms with Crippen LogP contribution in [-0.2, 0) is 11.3 Å². The zero-order valence-corrected chi connectivity index (χ0v) is 17.1. The number of aromatic nitrogens is 3. The molecule has 0 atom stereocenters. The second-order valence-corrected chi connectivity index (χ2v) is 6.51. The van der Waals surface area contributed by atoms with Crippen LogP contribution in [0.25, 0.3) is 0 Å². The van der Waals surface area contributed by atoms with Crippen LogP contribution in [0, 0.1) is 12.7 Å². The fraction of sp³-hybridized carbons (Fsp3) is 0.200. The van der Waals surface area contributed by atoms with E-state index in [1.54, 1.807) is 37.3 Å². The minimum atomic E-state index is -0.642. The van der Waals surface area contributed by atoms with E-state index >= 15 is 0 Å². The Balaban J connectivity index is 1.71. The van der Waals surface area contributed by atoms with Crippen LogP contribution in [0.2, 0.25) is 0 Å². The van der Waals surface area contributed by atoms with Crippen molar-refractivity contribution >= 4 is 29.0 Å². The van der Waals surface area contributed by atoms with Crippen molar-refractivity contribution in [2.45, 2.75) is 13.5 Å². The first-order chi connectivity index (χ1) is 14.8. The van der Waals surface area contributed by atoms with E-state index in [9.17, 15) is 14.0 Å². The number of ether oxygens (including phenoxy) is 2. The average Bonchev–Trinajstić information content (AvgIpc) is 3.10. The number of amides is 2. The Bertz CT molecular complexity index is 1130. The number of hydrogen-bond acceptors (Lipinski definition) is 7. The molecule has 2 amide bonds. The van der Waals surface area contributed by atoms with Crippen LogP contribution in [0.4, 0.5) is 21.6 Å². The molecule has 0 bridgehead atoms. The van der Waals surface area contributed by atoms with Crippen LogP contribution < -0.4 is 25.8 Å². The number of benzene rings is 2. The third kappa shape index (κ3) is 4.89. The standard InChI is InChI=1S/C20H21FN6O4/c1-11-4-5-12(8-14(11)21)23-17(28)10-27-19(22)18(25-26-27)20(29)24-15-9-13(30-2)6-7-16(15)31-3/h4-9H,10,22H2,1-3H3,(H,23,28)(H,24,29). The van der Waals surface area contributed by atoms with Crippen LogP contribution in [-0.4, -0.2) is 41.0 Å². The monoisotopic (exact) mass is 428 g/mol. The van der Waals surface area contributed by atoms with Crippen LogP contribution in [0.1, 0.15) is 16.1 Å². The number of anilines is 3. The molecular formula is C20H21FN6O4. The largest absolute Gasteiger partial charge is 0.497 e. The number of halogens is 1. The Hall–Kier alpha value is -4.15. The van der Waals surface area contributed by atoms with E-state index in [2.05, 4.69) is 20.9 Å². The normalized spacial score (nSPS) is 10.5. The molecule has 11 heteroatoms. The fourth-order valence-electron chi connectivity index (χ4n) is 2.70. The predicted octanol–water partition coefficient (Wildman–Crippen LogP) is 2.22. The second kappa shape index (κ2) is 9.11. The van der Waals surface area contributed by atoms with Gasteiger partial charge in [0.1, 0.15) is 23.9 Å². The highest BCUT2D eigenvalue weighted by Gasteiger charge is 2.20. The van der Waals surface area contributed by atoms with Gasteiger partial charge < -0.3 is 25.8 Å². The molecule has 0 radical (unpaired) electrons. The summed E-state index contributed by atoms with van der Waals surface area (Å²) >= 11 is 0. The molecule has 0 aliphatic carbocycles. The van der Waals surface area contributed by atoms with Gasteiger partial charge >= 0.3 is 0 Å². The van der Waals surface area contributed by atoms with E-state index in [-0.39, 0.29) is 23.7 Å². The number of carbonyl (C=O) groups excluding carboxylic acids is 2. The highest BCUT2D eigenvalue weighted by Crippen LogP contribution is 2.29. The number of nitrogen functional groups attached to an aromatic ring is 1. The molecule has 4 N–H and O–H groups in total. The van der Waals surface area contributed by atoms with E-state index in [4.69, 9.17) is 15.2 Å². The summed E-state index contributed by atoms with van der Waals surface area (Å²) in [5.74, 6) is -0.783. The van der Waals surface area contributed by atoms with E-state index in [0.29, 0.717) is 22.7 Å². The predicted molar refractivity (Wildman–Crippen MR) is 112 cm³/mol. The summed E-state index contributed by atoms with van der Waals surface area (Å²) < 4.78 is 25.1. The first-order valence-corrected chi connectivity index (χ1v) is 9.10. The van der Waals surface area contributed by atoms with E-state index in [1.807, 2.05) is 0 Å². The van der Waals surface area contributed by atoms with Crippen molar-refractivity contribution in [3.8, 4) is 11.5 Å². The maximum atomic E-state index is 13.6. The molecular weight excluding hydrogens is 407 g/mol.